The highest BCUT2D eigenvalue weighted by Crippen LogP contribution is 2.37. The Hall–Kier alpha value is -8.25. The zero-order valence-corrected chi connectivity index (χ0v) is 61.9. The van der Waals surface area contributed by atoms with Crippen LogP contribution in [-0.4, -0.2) is 258 Å². The summed E-state index contributed by atoms with van der Waals surface area (Å²) in [5, 5.41) is 7.77. The van der Waals surface area contributed by atoms with E-state index in [9.17, 15) is 64.7 Å². The van der Waals surface area contributed by atoms with Gasteiger partial charge in [-0.2, -0.15) is 13.2 Å². The van der Waals surface area contributed by atoms with Crippen molar-refractivity contribution in [2.75, 3.05) is 88.6 Å². The van der Waals surface area contributed by atoms with E-state index in [0.29, 0.717) is 45.2 Å². The normalized spacial score (nSPS) is 24.5. The van der Waals surface area contributed by atoms with Gasteiger partial charge in [-0.15, -0.1) is 13.2 Å². The molecule has 1 spiro atoms. The number of nitrogens with one attached hydrogen (secondary N) is 3. The molecule has 103 heavy (non-hydrogen) atoms. The minimum absolute atomic E-state index is 0.0394. The number of benzene rings is 2. The van der Waals surface area contributed by atoms with Crippen molar-refractivity contribution in [2.24, 2.45) is 17.8 Å². The number of nitrogens with zero attached hydrogens (tertiary/aromatic N) is 9. The second-order valence-electron chi connectivity index (χ2n) is 28.7. The third kappa shape index (κ3) is 21.7. The van der Waals surface area contributed by atoms with E-state index in [0.717, 1.165) is 68.3 Å². The first-order valence-corrected chi connectivity index (χ1v) is 35.5. The number of aryl methyl sites for hydroxylation is 1. The van der Waals surface area contributed by atoms with Gasteiger partial charge in [0.1, 0.15) is 53.6 Å². The van der Waals surface area contributed by atoms with E-state index in [1.165, 1.54) is 69.1 Å². The number of fused-ring (bicyclic) bond motifs is 1. The minimum Gasteiger partial charge on any atom is -0.406 e. The molecule has 32 heteroatoms. The fourth-order valence-corrected chi connectivity index (χ4v) is 14.2. The average Bonchev–Trinajstić information content (AvgIpc) is 1.73. The number of amides is 12. The van der Waals surface area contributed by atoms with Gasteiger partial charge in [0.15, 0.2) is 0 Å². The molecule has 0 unspecified atom stereocenters. The molecule has 8 atom stereocenters. The van der Waals surface area contributed by atoms with Crippen molar-refractivity contribution < 1.29 is 88.6 Å². The van der Waals surface area contributed by atoms with Gasteiger partial charge in [0, 0.05) is 75.4 Å². The number of likely N-dealkylation sites (N-methyl/N-ethyl adjacent to an activating group) is 7. The molecule has 2 aromatic carbocycles. The second kappa shape index (κ2) is 36.0. The second-order valence-corrected chi connectivity index (χ2v) is 29.1. The Bertz CT molecular complexity index is 3420. The summed E-state index contributed by atoms with van der Waals surface area (Å²) < 4.78 is 86.2. The Balaban J connectivity index is 1.45. The molecule has 572 valence electrons. The van der Waals surface area contributed by atoms with Crippen LogP contribution in [0.2, 0.25) is 5.02 Å². The molecule has 0 aromatic heterocycles. The number of hydrogen-bond donors (Lipinski definition) is 3. The number of piperidine rings is 1. The van der Waals surface area contributed by atoms with Gasteiger partial charge in [-0.25, -0.2) is 0 Å². The highest BCUT2D eigenvalue weighted by atomic mass is 35.5. The maximum absolute atomic E-state index is 15.4. The lowest BCUT2D eigenvalue weighted by Crippen LogP contribution is -2.65. The summed E-state index contributed by atoms with van der Waals surface area (Å²) in [7, 11) is 9.03. The van der Waals surface area contributed by atoms with Gasteiger partial charge in [-0.3, -0.25) is 57.5 Å². The van der Waals surface area contributed by atoms with Crippen molar-refractivity contribution in [1.29, 1.82) is 0 Å². The Morgan fingerprint density at radius 2 is 1.26 bits per heavy atom. The smallest absolute Gasteiger partial charge is 0.406 e. The van der Waals surface area contributed by atoms with Gasteiger partial charge in [0.05, 0.1) is 36.6 Å². The number of rotatable bonds is 12. The van der Waals surface area contributed by atoms with Gasteiger partial charge >= 0.3 is 12.5 Å². The number of carbonyl (C=O) groups is 12. The molecule has 3 heterocycles. The van der Waals surface area contributed by atoms with E-state index in [4.69, 9.17) is 11.6 Å². The van der Waals surface area contributed by atoms with Crippen LogP contribution in [0.3, 0.4) is 0 Å². The molecule has 3 saturated heterocycles. The summed E-state index contributed by atoms with van der Waals surface area (Å²) in [5.74, 6) is -11.5. The van der Waals surface area contributed by atoms with Gasteiger partial charge in [0.2, 0.25) is 70.9 Å². The Morgan fingerprint density at radius 1 is 0.641 bits per heavy atom. The van der Waals surface area contributed by atoms with Crippen LogP contribution in [0.15, 0.2) is 42.5 Å². The molecule has 4 fully saturated rings. The number of ether oxygens (including phenoxy) is 1. The number of halogens is 7. The molecular weight excluding hydrogens is 1380 g/mol. The lowest BCUT2D eigenvalue weighted by atomic mass is 9.91. The van der Waals surface area contributed by atoms with Crippen molar-refractivity contribution in [2.45, 2.75) is 198 Å². The fraction of sp³-hybridized carbons (Fsp3) is 0.662. The van der Waals surface area contributed by atoms with Crippen molar-refractivity contribution in [3.8, 4) is 5.75 Å². The van der Waals surface area contributed by atoms with Crippen LogP contribution in [-0.2, 0) is 76.6 Å². The topological polar surface area (TPSA) is 279 Å². The summed E-state index contributed by atoms with van der Waals surface area (Å²) in [6, 6.07) is -2.32. The van der Waals surface area contributed by atoms with Crippen molar-refractivity contribution in [1.82, 2.24) is 60.0 Å². The Morgan fingerprint density at radius 3 is 1.85 bits per heavy atom. The SMILES string of the molecule is CC[C@H](C)[C@@H]1NC(=O)[C@H](CC(C)C)N(C)C(=O)C[C@@H](C(=O)N2CCCCC2)N(C)C(=O)[C@H](C(C)C)N(C)C(=O)C2(CCCC2)NC(=O)[C@@H]2CCCN2C(=O)[C@H](CCc2ccc(C(F)(F)F)c(Cl)c2)NC(=O)CN(C)C(=O)[C@H](Cc2cccc(OC(F)(F)F)c2)N(C)C(=O)CN(C)C(=O)CN(C)C1=O. The number of hydrogen-bond acceptors (Lipinski definition) is 13. The largest absolute Gasteiger partial charge is 0.573 e. The van der Waals surface area contributed by atoms with Gasteiger partial charge in [-0.05, 0) is 117 Å². The molecule has 1 aliphatic carbocycles. The molecule has 1 saturated carbocycles. The van der Waals surface area contributed by atoms with E-state index in [-0.39, 0.29) is 68.5 Å². The Labute approximate surface area is 603 Å². The maximum Gasteiger partial charge on any atom is 0.573 e. The third-order valence-corrected chi connectivity index (χ3v) is 20.5. The molecule has 25 nitrogen and oxygen atoms in total. The Kier molecular flexibility index (Phi) is 29.2. The molecule has 4 aliphatic rings. The van der Waals surface area contributed by atoms with Gasteiger partial charge in [0.25, 0.3) is 0 Å². The average molecular weight is 1480 g/mol. The molecule has 2 aromatic rings. The van der Waals surface area contributed by atoms with E-state index in [1.807, 2.05) is 13.8 Å². The zero-order chi connectivity index (χ0) is 76.9. The lowest BCUT2D eigenvalue weighted by Gasteiger charge is -2.42. The first kappa shape index (κ1) is 83.7. The van der Waals surface area contributed by atoms with Crippen LogP contribution >= 0.6 is 11.6 Å². The summed E-state index contributed by atoms with van der Waals surface area (Å²) in [4.78, 5) is 188. The summed E-state index contributed by atoms with van der Waals surface area (Å²) in [6.45, 7) is 8.81. The maximum atomic E-state index is 15.4. The molecular formula is C71H101ClF6N12O13. The molecule has 12 amide bonds. The molecule has 3 aliphatic heterocycles. The van der Waals surface area contributed by atoms with Crippen LogP contribution in [0, 0.1) is 17.8 Å². The van der Waals surface area contributed by atoms with Crippen LogP contribution < -0.4 is 20.7 Å². The van der Waals surface area contributed by atoms with E-state index < -0.39 is 192 Å². The number of alkyl halides is 6. The predicted octanol–water partition coefficient (Wildman–Crippen LogP) is 5.67. The van der Waals surface area contributed by atoms with Gasteiger partial charge in [-0.1, -0.05) is 90.6 Å². The molecule has 6 rings (SSSR count). The van der Waals surface area contributed by atoms with Crippen LogP contribution in [0.1, 0.15) is 142 Å². The van der Waals surface area contributed by atoms with Crippen molar-refractivity contribution >= 4 is 82.5 Å². The lowest BCUT2D eigenvalue weighted by molar-refractivity contribution is -0.274. The summed E-state index contributed by atoms with van der Waals surface area (Å²) in [5.41, 5.74) is -2.53. The van der Waals surface area contributed by atoms with E-state index in [2.05, 4.69) is 20.7 Å². The monoisotopic (exact) mass is 1480 g/mol. The standard InChI is InChI=1S/C71H101ClF6N12O13/c1-14-44(6)59-66(100)84(9)40-57(93)82(7)41-58(94)86(11)53(37-46-22-20-23-47(35-46)103-71(76,77)78)64(98)83(8)39-55(91)79-50(28-26-45-25-27-48(49(72)36-45)70(73,74)75)63(97)90-33-21-24-51(90)62(96)81-69(29-16-17-30-69)68(102)88(13)60(43(4)5)67(101)87(12)54(65(99)89-31-18-15-19-32-89)38-56(92)85(10)52(34-42(2)3)61(95)80-59/h20,22-23,25,27,35-36,42-44,50-54,59-60H,14-19,21,24,26,28-34,37-41H2,1-13H3,(H,79,91)(H,80,95)(H,81,96)/t44-,50-,51-,52-,53-,54-,59-,60-/m0/s1. The van der Waals surface area contributed by atoms with E-state index >= 15 is 19.2 Å². The zero-order valence-electron chi connectivity index (χ0n) is 61.1. The van der Waals surface area contributed by atoms with Crippen molar-refractivity contribution in [3.05, 3.63) is 64.2 Å². The van der Waals surface area contributed by atoms with Crippen LogP contribution in [0.4, 0.5) is 26.3 Å². The number of carbonyl (C=O) groups excluding carboxylic acids is 12. The van der Waals surface area contributed by atoms with Crippen molar-refractivity contribution in [3.63, 3.8) is 0 Å². The van der Waals surface area contributed by atoms with E-state index in [1.54, 1.807) is 32.6 Å². The first-order chi connectivity index (χ1) is 48.1. The van der Waals surface area contributed by atoms with Crippen LogP contribution in [0.5, 0.6) is 5.75 Å². The highest BCUT2D eigenvalue weighted by molar-refractivity contribution is 6.31. The highest BCUT2D eigenvalue weighted by Gasteiger charge is 2.51. The summed E-state index contributed by atoms with van der Waals surface area (Å²) >= 11 is 6.11. The quantitative estimate of drug-likeness (QED) is 0.216. The number of likely N-dealkylation sites (tertiary alicyclic amines) is 1. The minimum atomic E-state index is -5.13. The third-order valence-electron chi connectivity index (χ3n) is 20.2. The van der Waals surface area contributed by atoms with Crippen LogP contribution in [0.25, 0.3) is 0 Å². The molecule has 0 radical (unpaired) electrons. The van der Waals surface area contributed by atoms with Gasteiger partial charge < -0.3 is 64.8 Å². The molecule has 3 N–H and O–H groups in total. The molecule has 0 bridgehead atoms. The predicted molar refractivity (Wildman–Crippen MR) is 367 cm³/mol. The summed E-state index contributed by atoms with van der Waals surface area (Å²) in [6.07, 6.45) is -7.65. The first-order valence-electron chi connectivity index (χ1n) is 35.1. The fourth-order valence-electron chi connectivity index (χ4n) is 13.9.